The first-order valence-electron chi connectivity index (χ1n) is 7.29. The minimum atomic E-state index is -0.228. The lowest BCUT2D eigenvalue weighted by atomic mass is 10.2. The molecule has 0 unspecified atom stereocenters. The second-order valence-electron chi connectivity index (χ2n) is 5.25. The molecule has 2 heterocycles. The Morgan fingerprint density at radius 1 is 1.17 bits per heavy atom. The van der Waals surface area contributed by atoms with Gasteiger partial charge < -0.3 is 10.3 Å². The number of hydrogen-bond acceptors (Lipinski definition) is 3. The number of rotatable bonds is 3. The van der Waals surface area contributed by atoms with Crippen LogP contribution >= 0.6 is 22.9 Å². The molecule has 2 N–H and O–H groups in total. The molecule has 6 heteroatoms. The van der Waals surface area contributed by atoms with E-state index >= 15 is 0 Å². The zero-order valence-corrected chi connectivity index (χ0v) is 14.0. The molecule has 1 amide bonds. The molecule has 0 bridgehead atoms. The number of aromatic nitrogens is 2. The second-order valence-corrected chi connectivity index (χ2v) is 6.54. The van der Waals surface area contributed by atoms with Crippen LogP contribution in [0.3, 0.4) is 0 Å². The quantitative estimate of drug-likeness (QED) is 0.532. The van der Waals surface area contributed by atoms with Crippen LogP contribution in [0.1, 0.15) is 10.5 Å². The van der Waals surface area contributed by atoms with E-state index in [2.05, 4.69) is 15.3 Å². The summed E-state index contributed by atoms with van der Waals surface area (Å²) in [5.41, 5.74) is 3.03. The molecule has 2 aromatic carbocycles. The van der Waals surface area contributed by atoms with E-state index in [9.17, 15) is 4.79 Å². The molecular formula is C18H12ClN3OS. The molecule has 2 aromatic heterocycles. The van der Waals surface area contributed by atoms with E-state index in [1.807, 2.05) is 54.7 Å². The first-order valence-corrected chi connectivity index (χ1v) is 8.55. The summed E-state index contributed by atoms with van der Waals surface area (Å²) in [6.45, 7) is 0. The summed E-state index contributed by atoms with van der Waals surface area (Å²) < 4.78 is 0. The Hall–Kier alpha value is -2.63. The van der Waals surface area contributed by atoms with Crippen molar-refractivity contribution in [2.45, 2.75) is 0 Å². The highest BCUT2D eigenvalue weighted by Gasteiger charge is 2.13. The molecule has 0 aliphatic carbocycles. The summed E-state index contributed by atoms with van der Waals surface area (Å²) >= 11 is 7.43. The van der Waals surface area contributed by atoms with Crippen LogP contribution in [0.25, 0.3) is 21.5 Å². The number of carbonyl (C=O) groups excluding carboxylic acids is 1. The Labute approximate surface area is 147 Å². The van der Waals surface area contributed by atoms with Gasteiger partial charge in [0, 0.05) is 33.1 Å². The average Bonchev–Trinajstić information content (AvgIpc) is 3.25. The smallest absolute Gasteiger partial charge is 0.275 e. The number of aromatic amines is 1. The molecule has 4 nitrogen and oxygen atoms in total. The van der Waals surface area contributed by atoms with Crippen LogP contribution in [0.15, 0.2) is 60.1 Å². The third-order valence-electron chi connectivity index (χ3n) is 3.65. The zero-order valence-electron chi connectivity index (χ0n) is 12.4. The number of carbonyl (C=O) groups is 1. The van der Waals surface area contributed by atoms with Gasteiger partial charge in [-0.05, 0) is 30.3 Å². The predicted molar refractivity (Wildman–Crippen MR) is 98.8 cm³/mol. The van der Waals surface area contributed by atoms with E-state index in [1.165, 1.54) is 11.3 Å². The molecule has 0 aliphatic rings. The van der Waals surface area contributed by atoms with Gasteiger partial charge in [-0.1, -0.05) is 29.8 Å². The van der Waals surface area contributed by atoms with Gasteiger partial charge in [0.25, 0.3) is 5.91 Å². The number of halogens is 1. The molecular weight excluding hydrogens is 342 g/mol. The summed E-state index contributed by atoms with van der Waals surface area (Å²) in [5, 5.41) is 7.06. The minimum Gasteiger partial charge on any atom is -0.361 e. The number of hydrogen-bond donors (Lipinski definition) is 2. The zero-order chi connectivity index (χ0) is 16.5. The number of nitrogens with zero attached hydrogens (tertiary/aromatic N) is 1. The summed E-state index contributed by atoms with van der Waals surface area (Å²) in [6.07, 6.45) is 1.85. The van der Waals surface area contributed by atoms with E-state index in [4.69, 9.17) is 11.6 Å². The Morgan fingerprint density at radius 3 is 2.92 bits per heavy atom. The van der Waals surface area contributed by atoms with Crippen molar-refractivity contribution >= 4 is 45.4 Å². The molecule has 0 fully saturated rings. The van der Waals surface area contributed by atoms with Crippen molar-refractivity contribution in [2.75, 3.05) is 5.32 Å². The number of nitrogens with one attached hydrogen (secondary N) is 2. The van der Waals surface area contributed by atoms with Crippen LogP contribution in [-0.4, -0.2) is 15.9 Å². The van der Waals surface area contributed by atoms with Crippen molar-refractivity contribution < 1.29 is 4.79 Å². The van der Waals surface area contributed by atoms with Gasteiger partial charge in [0.05, 0.1) is 5.69 Å². The highest BCUT2D eigenvalue weighted by molar-refractivity contribution is 7.13. The molecule has 0 atom stereocenters. The second kappa shape index (κ2) is 6.11. The Morgan fingerprint density at radius 2 is 2.04 bits per heavy atom. The van der Waals surface area contributed by atoms with Crippen LogP contribution < -0.4 is 5.32 Å². The molecule has 118 valence electrons. The fourth-order valence-electron chi connectivity index (χ4n) is 2.51. The largest absolute Gasteiger partial charge is 0.361 e. The third-order valence-corrected chi connectivity index (χ3v) is 4.78. The lowest BCUT2D eigenvalue weighted by molar-refractivity contribution is 0.102. The molecule has 24 heavy (non-hydrogen) atoms. The third kappa shape index (κ3) is 2.79. The van der Waals surface area contributed by atoms with Crippen molar-refractivity contribution in [3.8, 4) is 10.6 Å². The molecule has 4 aromatic rings. The SMILES string of the molecule is O=C(Nc1cccc2[nH]ccc12)c1csc(-c2cccc(Cl)c2)n1. The normalized spacial score (nSPS) is 10.9. The van der Waals surface area contributed by atoms with E-state index in [0.29, 0.717) is 10.7 Å². The summed E-state index contributed by atoms with van der Waals surface area (Å²) in [5.74, 6) is -0.228. The van der Waals surface area contributed by atoms with Crippen LogP contribution in [0.5, 0.6) is 0 Å². The van der Waals surface area contributed by atoms with Gasteiger partial charge >= 0.3 is 0 Å². The lowest BCUT2D eigenvalue weighted by Crippen LogP contribution is -2.12. The average molecular weight is 354 g/mol. The van der Waals surface area contributed by atoms with Crippen molar-refractivity contribution in [3.63, 3.8) is 0 Å². The van der Waals surface area contributed by atoms with E-state index in [0.717, 1.165) is 27.2 Å². The Kier molecular flexibility index (Phi) is 3.80. The summed E-state index contributed by atoms with van der Waals surface area (Å²) in [4.78, 5) is 20.0. The topological polar surface area (TPSA) is 57.8 Å². The maximum atomic E-state index is 12.5. The van der Waals surface area contributed by atoms with E-state index in [1.54, 1.807) is 5.38 Å². The van der Waals surface area contributed by atoms with Gasteiger partial charge in [-0.3, -0.25) is 4.79 Å². The Bertz CT molecular complexity index is 1040. The minimum absolute atomic E-state index is 0.228. The van der Waals surface area contributed by atoms with Crippen molar-refractivity contribution in [2.24, 2.45) is 0 Å². The lowest BCUT2D eigenvalue weighted by Gasteiger charge is -2.04. The van der Waals surface area contributed by atoms with Gasteiger partial charge in [0.15, 0.2) is 0 Å². The number of H-pyrrole nitrogens is 1. The fourth-order valence-corrected chi connectivity index (χ4v) is 3.50. The van der Waals surface area contributed by atoms with Crippen LogP contribution in [0.4, 0.5) is 5.69 Å². The fraction of sp³-hybridized carbons (Fsp3) is 0. The molecule has 0 radical (unpaired) electrons. The monoisotopic (exact) mass is 353 g/mol. The first kappa shape index (κ1) is 14.9. The molecule has 4 rings (SSSR count). The van der Waals surface area contributed by atoms with E-state index < -0.39 is 0 Å². The number of benzene rings is 2. The predicted octanol–water partition coefficient (Wildman–Crippen LogP) is 5.20. The van der Waals surface area contributed by atoms with Crippen LogP contribution in [0, 0.1) is 0 Å². The molecule has 0 saturated heterocycles. The summed E-state index contributed by atoms with van der Waals surface area (Å²) in [6, 6.07) is 15.1. The molecule has 0 aliphatic heterocycles. The maximum Gasteiger partial charge on any atom is 0.275 e. The van der Waals surface area contributed by atoms with Crippen molar-refractivity contribution in [1.82, 2.24) is 9.97 Å². The summed E-state index contributed by atoms with van der Waals surface area (Å²) in [7, 11) is 0. The van der Waals surface area contributed by atoms with Crippen molar-refractivity contribution in [1.29, 1.82) is 0 Å². The Balaban J connectivity index is 1.60. The molecule has 0 saturated carbocycles. The van der Waals surface area contributed by atoms with E-state index in [-0.39, 0.29) is 5.91 Å². The first-order chi connectivity index (χ1) is 11.7. The number of amides is 1. The van der Waals surface area contributed by atoms with Gasteiger partial charge in [-0.2, -0.15) is 0 Å². The highest BCUT2D eigenvalue weighted by atomic mass is 35.5. The van der Waals surface area contributed by atoms with Gasteiger partial charge in [-0.25, -0.2) is 4.98 Å². The number of thiazole rings is 1. The molecule has 0 spiro atoms. The van der Waals surface area contributed by atoms with Crippen LogP contribution in [-0.2, 0) is 0 Å². The number of fused-ring (bicyclic) bond motifs is 1. The van der Waals surface area contributed by atoms with Crippen molar-refractivity contribution in [3.05, 3.63) is 70.8 Å². The van der Waals surface area contributed by atoms with Gasteiger partial charge in [-0.15, -0.1) is 11.3 Å². The standard InChI is InChI=1S/C18H12ClN3OS/c19-12-4-1-3-11(9-12)18-22-16(10-24-18)17(23)21-15-6-2-5-14-13(15)7-8-20-14/h1-10,20H,(H,21,23). The highest BCUT2D eigenvalue weighted by Crippen LogP contribution is 2.27. The van der Waals surface area contributed by atoms with Crippen LogP contribution in [0.2, 0.25) is 5.02 Å². The maximum absolute atomic E-state index is 12.5. The van der Waals surface area contributed by atoms with Gasteiger partial charge in [0.1, 0.15) is 10.7 Å². The van der Waals surface area contributed by atoms with Gasteiger partial charge in [0.2, 0.25) is 0 Å². The number of anilines is 1.